The number of nitrogens with one attached hydrogen (secondary N) is 1. The van der Waals surface area contributed by atoms with Crippen molar-refractivity contribution < 1.29 is 17.5 Å². The van der Waals surface area contributed by atoms with E-state index in [9.17, 15) is 12.8 Å². The van der Waals surface area contributed by atoms with Crippen LogP contribution in [0.3, 0.4) is 0 Å². The second kappa shape index (κ2) is 5.61. The predicted molar refractivity (Wildman–Crippen MR) is 80.2 cm³/mol. The molecule has 0 saturated carbocycles. The summed E-state index contributed by atoms with van der Waals surface area (Å²) in [7, 11) is -1.99. The van der Waals surface area contributed by atoms with Gasteiger partial charge in [0, 0.05) is 12.3 Å². The summed E-state index contributed by atoms with van der Waals surface area (Å²) in [6.45, 7) is 0. The Bertz CT molecular complexity index is 776. The summed E-state index contributed by atoms with van der Waals surface area (Å²) in [5, 5.41) is 2.78. The van der Waals surface area contributed by atoms with E-state index in [1.807, 2.05) is 0 Å². The van der Waals surface area contributed by atoms with Crippen molar-refractivity contribution in [2.75, 3.05) is 24.4 Å². The molecule has 21 heavy (non-hydrogen) atoms. The third-order valence-corrected chi connectivity index (χ3v) is 4.06. The number of nitrogen functional groups attached to an aromatic ring is 1. The lowest BCUT2D eigenvalue weighted by molar-refractivity contribution is 0.414. The molecule has 0 atom stereocenters. The molecule has 0 saturated heterocycles. The summed E-state index contributed by atoms with van der Waals surface area (Å²) < 4.78 is 42.1. The third kappa shape index (κ3) is 3.25. The normalized spacial score (nSPS) is 11.2. The number of para-hydroxylation sites is 1. The van der Waals surface area contributed by atoms with Crippen LogP contribution in [0.2, 0.25) is 0 Å². The molecule has 0 fully saturated rings. The highest BCUT2D eigenvalue weighted by atomic mass is 32.2. The summed E-state index contributed by atoms with van der Waals surface area (Å²) in [4.78, 5) is -0.00388. The van der Waals surface area contributed by atoms with Crippen molar-refractivity contribution in [1.29, 1.82) is 0 Å². The van der Waals surface area contributed by atoms with Crippen LogP contribution in [0.4, 0.5) is 21.5 Å². The molecule has 0 amide bonds. The predicted octanol–water partition coefficient (Wildman–Crippen LogP) is 2.56. The number of ether oxygens (including phenoxy) is 1. The zero-order valence-corrected chi connectivity index (χ0v) is 12.4. The lowest BCUT2D eigenvalue weighted by Gasteiger charge is -2.13. The van der Waals surface area contributed by atoms with E-state index >= 15 is 0 Å². The van der Waals surface area contributed by atoms with Crippen molar-refractivity contribution in [3.63, 3.8) is 0 Å². The van der Waals surface area contributed by atoms with Crippen molar-refractivity contribution in [3.05, 3.63) is 42.2 Å². The van der Waals surface area contributed by atoms with Crippen molar-refractivity contribution in [2.45, 2.75) is 4.90 Å². The van der Waals surface area contributed by atoms with Crippen LogP contribution < -0.4 is 15.8 Å². The van der Waals surface area contributed by atoms with Crippen molar-refractivity contribution >= 4 is 26.9 Å². The molecular formula is C14H15FN2O3S. The molecule has 0 spiro atoms. The minimum atomic E-state index is -3.45. The summed E-state index contributed by atoms with van der Waals surface area (Å²) in [6.07, 6.45) is 1.06. The largest absolute Gasteiger partial charge is 0.497 e. The van der Waals surface area contributed by atoms with E-state index in [0.29, 0.717) is 11.4 Å². The van der Waals surface area contributed by atoms with Gasteiger partial charge in [-0.25, -0.2) is 12.8 Å². The number of halogens is 1. The van der Waals surface area contributed by atoms with Gasteiger partial charge in [-0.2, -0.15) is 0 Å². The zero-order chi connectivity index (χ0) is 15.6. The minimum absolute atomic E-state index is 0.00388. The highest BCUT2D eigenvalue weighted by Gasteiger charge is 2.15. The molecule has 0 aromatic heterocycles. The number of hydrogen-bond donors (Lipinski definition) is 2. The van der Waals surface area contributed by atoms with E-state index in [4.69, 9.17) is 10.5 Å². The Morgan fingerprint density at radius 2 is 1.90 bits per heavy atom. The van der Waals surface area contributed by atoms with E-state index in [2.05, 4.69) is 5.32 Å². The van der Waals surface area contributed by atoms with Crippen LogP contribution >= 0.6 is 0 Å². The Labute approximate surface area is 122 Å². The summed E-state index contributed by atoms with van der Waals surface area (Å²) in [5.74, 6) is -0.0308. The minimum Gasteiger partial charge on any atom is -0.497 e. The van der Waals surface area contributed by atoms with Crippen LogP contribution in [-0.4, -0.2) is 21.8 Å². The molecule has 0 radical (unpaired) electrons. The van der Waals surface area contributed by atoms with Crippen LogP contribution in [0, 0.1) is 5.82 Å². The van der Waals surface area contributed by atoms with Gasteiger partial charge in [0.15, 0.2) is 9.84 Å². The Morgan fingerprint density at radius 1 is 1.19 bits per heavy atom. The highest BCUT2D eigenvalue weighted by Crippen LogP contribution is 2.31. The summed E-state index contributed by atoms with van der Waals surface area (Å²) >= 11 is 0. The van der Waals surface area contributed by atoms with Crippen molar-refractivity contribution in [2.24, 2.45) is 0 Å². The smallest absolute Gasteiger partial charge is 0.177 e. The molecule has 112 valence electrons. The van der Waals surface area contributed by atoms with Gasteiger partial charge in [-0.15, -0.1) is 0 Å². The quantitative estimate of drug-likeness (QED) is 0.848. The SMILES string of the molecule is COc1ccc(F)c(Nc2cccc(S(C)(=O)=O)c2N)c1. The molecule has 5 nitrogen and oxygen atoms in total. The van der Waals surface area contributed by atoms with E-state index in [0.717, 1.165) is 6.26 Å². The zero-order valence-electron chi connectivity index (χ0n) is 11.6. The Balaban J connectivity index is 2.46. The first-order valence-electron chi connectivity index (χ1n) is 6.02. The number of hydrogen-bond acceptors (Lipinski definition) is 5. The van der Waals surface area contributed by atoms with Gasteiger partial charge in [0.05, 0.1) is 29.1 Å². The fourth-order valence-corrected chi connectivity index (χ4v) is 2.68. The van der Waals surface area contributed by atoms with Gasteiger partial charge < -0.3 is 15.8 Å². The van der Waals surface area contributed by atoms with Crippen LogP contribution in [0.1, 0.15) is 0 Å². The van der Waals surface area contributed by atoms with Gasteiger partial charge in [0.1, 0.15) is 11.6 Å². The second-order valence-corrected chi connectivity index (χ2v) is 6.44. The average Bonchev–Trinajstić information content (AvgIpc) is 2.42. The van der Waals surface area contributed by atoms with Gasteiger partial charge in [0.25, 0.3) is 0 Å². The number of rotatable bonds is 4. The van der Waals surface area contributed by atoms with Gasteiger partial charge in [-0.05, 0) is 24.3 Å². The number of anilines is 3. The molecule has 0 aliphatic rings. The lowest BCUT2D eigenvalue weighted by atomic mass is 10.2. The standard InChI is InChI=1S/C14H15FN2O3S/c1-20-9-6-7-10(15)12(8-9)17-11-4-3-5-13(14(11)16)21(2,18)19/h3-8,17H,16H2,1-2H3. The van der Waals surface area contributed by atoms with Gasteiger partial charge in [-0.1, -0.05) is 6.07 Å². The van der Waals surface area contributed by atoms with Gasteiger partial charge in [-0.3, -0.25) is 0 Å². The maximum absolute atomic E-state index is 13.8. The van der Waals surface area contributed by atoms with E-state index in [1.165, 1.54) is 37.4 Å². The summed E-state index contributed by atoms with van der Waals surface area (Å²) in [5.41, 5.74) is 6.34. The van der Waals surface area contributed by atoms with E-state index < -0.39 is 15.7 Å². The van der Waals surface area contributed by atoms with Crippen molar-refractivity contribution in [3.8, 4) is 5.75 Å². The van der Waals surface area contributed by atoms with Crippen LogP contribution in [-0.2, 0) is 9.84 Å². The first-order chi connectivity index (χ1) is 9.82. The maximum Gasteiger partial charge on any atom is 0.177 e. The number of benzene rings is 2. The molecule has 7 heteroatoms. The fourth-order valence-electron chi connectivity index (χ4n) is 1.85. The first-order valence-corrected chi connectivity index (χ1v) is 7.91. The Morgan fingerprint density at radius 3 is 2.52 bits per heavy atom. The first kappa shape index (κ1) is 15.1. The van der Waals surface area contributed by atoms with Crippen molar-refractivity contribution in [1.82, 2.24) is 0 Å². The highest BCUT2D eigenvalue weighted by molar-refractivity contribution is 7.90. The van der Waals surface area contributed by atoms with Gasteiger partial charge in [0.2, 0.25) is 0 Å². The molecule has 3 N–H and O–H groups in total. The fraction of sp³-hybridized carbons (Fsp3) is 0.143. The third-order valence-electron chi connectivity index (χ3n) is 2.91. The molecule has 0 aliphatic heterocycles. The molecule has 0 aliphatic carbocycles. The van der Waals surface area contributed by atoms with Gasteiger partial charge >= 0.3 is 0 Å². The van der Waals surface area contributed by atoms with Crippen LogP contribution in [0.5, 0.6) is 5.75 Å². The molecule has 2 aromatic rings. The molecule has 2 aromatic carbocycles. The molecule has 0 unspecified atom stereocenters. The monoisotopic (exact) mass is 310 g/mol. The van der Waals surface area contributed by atoms with E-state index in [-0.39, 0.29) is 16.3 Å². The average molecular weight is 310 g/mol. The van der Waals surface area contributed by atoms with E-state index in [1.54, 1.807) is 6.07 Å². The molecular weight excluding hydrogens is 295 g/mol. The maximum atomic E-state index is 13.8. The lowest BCUT2D eigenvalue weighted by Crippen LogP contribution is -2.05. The number of nitrogens with two attached hydrogens (primary N) is 1. The molecule has 0 bridgehead atoms. The molecule has 0 heterocycles. The topological polar surface area (TPSA) is 81.4 Å². The molecule has 2 rings (SSSR count). The summed E-state index contributed by atoms with van der Waals surface area (Å²) in [6, 6.07) is 8.70. The number of methoxy groups -OCH3 is 1. The number of sulfone groups is 1. The van der Waals surface area contributed by atoms with Crippen LogP contribution in [0.15, 0.2) is 41.3 Å². The Kier molecular flexibility index (Phi) is 4.04. The Hall–Kier alpha value is -2.28. The second-order valence-electron chi connectivity index (χ2n) is 4.46. The van der Waals surface area contributed by atoms with Crippen LogP contribution in [0.25, 0.3) is 0 Å².